The van der Waals surface area contributed by atoms with Crippen LogP contribution in [-0.4, -0.2) is 36.3 Å². The molecule has 1 aromatic rings. The van der Waals surface area contributed by atoms with Gasteiger partial charge in [0, 0.05) is 24.1 Å². The van der Waals surface area contributed by atoms with E-state index in [0.29, 0.717) is 13.0 Å². The second-order valence-corrected chi connectivity index (χ2v) is 6.17. The number of hydrogen-bond donors (Lipinski definition) is 0. The van der Waals surface area contributed by atoms with Crippen molar-refractivity contribution in [3.63, 3.8) is 0 Å². The fourth-order valence-corrected chi connectivity index (χ4v) is 3.48. The van der Waals surface area contributed by atoms with Crippen LogP contribution in [0.25, 0.3) is 0 Å². The molecule has 2 amide bonds. The maximum atomic E-state index is 12.5. The molecule has 0 aliphatic carbocycles. The second kappa shape index (κ2) is 5.56. The maximum absolute atomic E-state index is 12.5. The molecule has 3 rings (SSSR count). The van der Waals surface area contributed by atoms with Crippen LogP contribution in [0.4, 0.5) is 5.69 Å². The monoisotopic (exact) mass is 336 g/mol. The van der Waals surface area contributed by atoms with E-state index in [1.54, 1.807) is 4.90 Å². The van der Waals surface area contributed by atoms with Crippen LogP contribution in [0.1, 0.15) is 19.3 Å². The van der Waals surface area contributed by atoms with Crippen molar-refractivity contribution in [2.75, 3.05) is 24.5 Å². The van der Waals surface area contributed by atoms with Gasteiger partial charge in [-0.3, -0.25) is 9.59 Å². The lowest BCUT2D eigenvalue weighted by Gasteiger charge is -2.21. The molecular formula is C15H17BrN2O2. The fourth-order valence-electron chi connectivity index (χ4n) is 2.98. The maximum Gasteiger partial charge on any atom is 0.239 e. The molecule has 0 bridgehead atoms. The van der Waals surface area contributed by atoms with Crippen molar-refractivity contribution in [2.45, 2.75) is 19.3 Å². The molecule has 2 saturated heterocycles. The summed E-state index contributed by atoms with van der Waals surface area (Å²) in [6, 6.07) is 7.65. The fraction of sp³-hybridized carbons (Fsp3) is 0.467. The van der Waals surface area contributed by atoms with Crippen LogP contribution in [0.15, 0.2) is 28.7 Å². The van der Waals surface area contributed by atoms with Crippen LogP contribution in [0.5, 0.6) is 0 Å². The second-order valence-electron chi connectivity index (χ2n) is 5.31. The van der Waals surface area contributed by atoms with E-state index in [-0.39, 0.29) is 11.8 Å². The Kier molecular flexibility index (Phi) is 3.78. The Morgan fingerprint density at radius 1 is 1.15 bits per heavy atom. The summed E-state index contributed by atoms with van der Waals surface area (Å²) >= 11 is 3.47. The first-order valence-electron chi connectivity index (χ1n) is 7.03. The molecule has 106 valence electrons. The lowest BCUT2D eigenvalue weighted by molar-refractivity contribution is -0.139. The Morgan fingerprint density at radius 2 is 1.85 bits per heavy atom. The van der Waals surface area contributed by atoms with E-state index < -0.39 is 5.92 Å². The summed E-state index contributed by atoms with van der Waals surface area (Å²) in [6.45, 7) is 2.22. The van der Waals surface area contributed by atoms with Crippen LogP contribution in [0.3, 0.4) is 0 Å². The van der Waals surface area contributed by atoms with Crippen molar-refractivity contribution in [2.24, 2.45) is 5.92 Å². The first-order valence-corrected chi connectivity index (χ1v) is 7.82. The first kappa shape index (κ1) is 13.6. The quantitative estimate of drug-likeness (QED) is 0.778. The van der Waals surface area contributed by atoms with Gasteiger partial charge in [0.05, 0.1) is 5.69 Å². The molecule has 1 atom stereocenters. The average molecular weight is 337 g/mol. The smallest absolute Gasteiger partial charge is 0.239 e. The topological polar surface area (TPSA) is 40.6 Å². The molecule has 0 N–H and O–H groups in total. The molecule has 2 fully saturated rings. The molecule has 2 aliphatic rings. The first-order chi connectivity index (χ1) is 9.68. The molecule has 0 saturated carbocycles. The number of anilines is 1. The predicted octanol–water partition coefficient (Wildman–Crippen LogP) is 2.42. The molecule has 1 unspecified atom stereocenters. The van der Waals surface area contributed by atoms with E-state index in [1.807, 2.05) is 29.2 Å². The number of amides is 2. The van der Waals surface area contributed by atoms with Crippen molar-refractivity contribution < 1.29 is 9.59 Å². The number of nitrogens with zero attached hydrogens (tertiary/aromatic N) is 2. The largest absolute Gasteiger partial charge is 0.342 e. The molecule has 2 aliphatic heterocycles. The van der Waals surface area contributed by atoms with Crippen LogP contribution in [0.2, 0.25) is 0 Å². The van der Waals surface area contributed by atoms with Gasteiger partial charge in [-0.25, -0.2) is 0 Å². The molecule has 0 spiro atoms. The molecule has 4 nitrogen and oxygen atoms in total. The van der Waals surface area contributed by atoms with E-state index in [2.05, 4.69) is 15.9 Å². The zero-order valence-electron chi connectivity index (χ0n) is 11.2. The summed E-state index contributed by atoms with van der Waals surface area (Å²) in [4.78, 5) is 28.5. The van der Waals surface area contributed by atoms with E-state index >= 15 is 0 Å². The number of carbonyl (C=O) groups is 2. The lowest BCUT2D eigenvalue weighted by Crippen LogP contribution is -2.38. The van der Waals surface area contributed by atoms with Crippen molar-refractivity contribution in [3.05, 3.63) is 28.7 Å². The Hall–Kier alpha value is -1.36. The Labute approximate surface area is 126 Å². The van der Waals surface area contributed by atoms with Gasteiger partial charge in [0.25, 0.3) is 0 Å². The van der Waals surface area contributed by atoms with Gasteiger partial charge in [0.1, 0.15) is 5.92 Å². The van der Waals surface area contributed by atoms with E-state index in [0.717, 1.165) is 36.1 Å². The summed E-state index contributed by atoms with van der Waals surface area (Å²) in [5.74, 6) is -0.531. The summed E-state index contributed by atoms with van der Waals surface area (Å²) in [7, 11) is 0. The third-order valence-electron chi connectivity index (χ3n) is 4.06. The van der Waals surface area contributed by atoms with Gasteiger partial charge in [-0.05, 0) is 47.3 Å². The minimum atomic E-state index is -0.486. The highest BCUT2D eigenvalue weighted by atomic mass is 79.9. The summed E-state index contributed by atoms with van der Waals surface area (Å²) in [6.07, 6.45) is 2.73. The number of likely N-dealkylation sites (tertiary alicyclic amines) is 1. The van der Waals surface area contributed by atoms with Crippen LogP contribution >= 0.6 is 15.9 Å². The Bertz CT molecular complexity index is 540. The molecule has 1 aromatic carbocycles. The van der Waals surface area contributed by atoms with Crippen LogP contribution in [-0.2, 0) is 9.59 Å². The minimum Gasteiger partial charge on any atom is -0.342 e. The zero-order chi connectivity index (χ0) is 14.1. The predicted molar refractivity (Wildman–Crippen MR) is 80.4 cm³/mol. The van der Waals surface area contributed by atoms with Crippen LogP contribution in [0, 0.1) is 5.92 Å². The summed E-state index contributed by atoms with van der Waals surface area (Å²) in [5, 5.41) is 0. The van der Waals surface area contributed by atoms with Crippen molar-refractivity contribution in [1.29, 1.82) is 0 Å². The number of benzene rings is 1. The van der Waals surface area contributed by atoms with Gasteiger partial charge in [-0.15, -0.1) is 0 Å². The molecule has 2 heterocycles. The molecule has 5 heteroatoms. The summed E-state index contributed by atoms with van der Waals surface area (Å²) < 4.78 is 0.891. The minimum absolute atomic E-state index is 0.0158. The van der Waals surface area contributed by atoms with Gasteiger partial charge in [-0.1, -0.05) is 12.1 Å². The standard InChI is InChI=1S/C15H17BrN2O2/c16-12-5-1-2-6-13(12)18-10-7-11(15(18)20)14(19)17-8-3-4-9-17/h1-2,5-6,11H,3-4,7-10H2. The van der Waals surface area contributed by atoms with Crippen molar-refractivity contribution >= 4 is 33.4 Å². The highest BCUT2D eigenvalue weighted by Crippen LogP contribution is 2.32. The zero-order valence-corrected chi connectivity index (χ0v) is 12.8. The molecule has 0 aromatic heterocycles. The van der Waals surface area contributed by atoms with Gasteiger partial charge in [0.2, 0.25) is 11.8 Å². The van der Waals surface area contributed by atoms with Gasteiger partial charge in [0.15, 0.2) is 0 Å². The van der Waals surface area contributed by atoms with Gasteiger partial charge < -0.3 is 9.80 Å². The average Bonchev–Trinajstić information content (AvgIpc) is 3.09. The molecule has 0 radical (unpaired) electrons. The Morgan fingerprint density at radius 3 is 2.55 bits per heavy atom. The van der Waals surface area contributed by atoms with Crippen LogP contribution < -0.4 is 4.90 Å². The number of hydrogen-bond acceptors (Lipinski definition) is 2. The van der Waals surface area contributed by atoms with Crippen molar-refractivity contribution in [3.8, 4) is 0 Å². The Balaban J connectivity index is 1.77. The summed E-state index contributed by atoms with van der Waals surface area (Å²) in [5.41, 5.74) is 0.856. The normalized spacial score (nSPS) is 22.6. The van der Waals surface area contributed by atoms with E-state index in [4.69, 9.17) is 0 Å². The van der Waals surface area contributed by atoms with Gasteiger partial charge in [-0.2, -0.15) is 0 Å². The van der Waals surface area contributed by atoms with Gasteiger partial charge >= 0.3 is 0 Å². The molecular weight excluding hydrogens is 320 g/mol. The van der Waals surface area contributed by atoms with E-state index in [9.17, 15) is 9.59 Å². The van der Waals surface area contributed by atoms with E-state index in [1.165, 1.54) is 0 Å². The highest BCUT2D eigenvalue weighted by molar-refractivity contribution is 9.10. The molecule has 20 heavy (non-hydrogen) atoms. The highest BCUT2D eigenvalue weighted by Gasteiger charge is 2.40. The number of para-hydroxylation sites is 1. The number of rotatable bonds is 2. The third kappa shape index (κ3) is 2.35. The van der Waals surface area contributed by atoms with Crippen molar-refractivity contribution in [1.82, 2.24) is 4.90 Å². The number of halogens is 1. The third-order valence-corrected chi connectivity index (χ3v) is 4.74. The SMILES string of the molecule is O=C(C1CCN(c2ccccc2Br)C1=O)N1CCCC1. The number of carbonyl (C=O) groups excluding carboxylic acids is 2. The lowest BCUT2D eigenvalue weighted by atomic mass is 10.1.